The van der Waals surface area contributed by atoms with Gasteiger partial charge >= 0.3 is 5.12 Å². The number of Topliss-reactive ketones (excluding diaryl/α,β-unsaturated/α-hetero) is 1. The van der Waals surface area contributed by atoms with E-state index in [-0.39, 0.29) is 29.2 Å². The lowest BCUT2D eigenvalue weighted by molar-refractivity contribution is 0.100. The van der Waals surface area contributed by atoms with Gasteiger partial charge in [0.25, 0.3) is 0 Å². The van der Waals surface area contributed by atoms with E-state index in [1.54, 1.807) is 24.3 Å². The molecular weight excluding hydrogens is 208 g/mol. The monoisotopic (exact) mass is 224 g/mol. The molecule has 1 aromatic carbocycles. The van der Waals surface area contributed by atoms with Crippen LogP contribution in [0.1, 0.15) is 27.6 Å². The fraction of sp³-hybridized carbons (Fsp3) is 0.250. The quantitative estimate of drug-likeness (QED) is 0.439. The van der Waals surface area contributed by atoms with Crippen LogP contribution in [-0.2, 0) is 10.9 Å². The summed E-state index contributed by atoms with van der Waals surface area (Å²) in [5.41, 5.74) is 1.08. The largest absolute Gasteiger partial charge is 0.362 e. The normalized spacial score (nSPS) is 9.60. The molecule has 0 N–H and O–H groups in total. The van der Waals surface area contributed by atoms with Gasteiger partial charge in [0.15, 0.2) is 5.78 Å². The summed E-state index contributed by atoms with van der Waals surface area (Å²) in [6.45, 7) is 1.48. The van der Waals surface area contributed by atoms with Gasteiger partial charge in [-0.1, -0.05) is 18.2 Å². The molecule has 0 aromatic heterocycles. The highest BCUT2D eigenvalue weighted by atomic mass is 32.2. The minimum absolute atomic E-state index is 0. The fourth-order valence-corrected chi connectivity index (χ4v) is 1.81. The van der Waals surface area contributed by atoms with E-state index in [2.05, 4.69) is 0 Å². The summed E-state index contributed by atoms with van der Waals surface area (Å²) < 4.78 is 0. The van der Waals surface area contributed by atoms with E-state index >= 15 is 0 Å². The van der Waals surface area contributed by atoms with Crippen LogP contribution in [0.3, 0.4) is 0 Å². The van der Waals surface area contributed by atoms with Crippen molar-refractivity contribution in [3.63, 3.8) is 0 Å². The summed E-state index contributed by atoms with van der Waals surface area (Å²) in [5.74, 6) is -0.0561. The molecule has 15 heavy (non-hydrogen) atoms. The van der Waals surface area contributed by atoms with Gasteiger partial charge in [-0.2, -0.15) is 0 Å². The van der Waals surface area contributed by atoms with Gasteiger partial charge in [-0.25, -0.2) is 4.79 Å². The van der Waals surface area contributed by atoms with Crippen LogP contribution < -0.4 is 0 Å². The lowest BCUT2D eigenvalue weighted by Gasteiger charge is -2.01. The maximum absolute atomic E-state index is 11.7. The van der Waals surface area contributed by atoms with Crippen LogP contribution >= 0.6 is 0 Å². The van der Waals surface area contributed by atoms with Crippen LogP contribution in [0.4, 0.5) is 0 Å². The van der Waals surface area contributed by atoms with Crippen molar-refractivity contribution in [3.05, 3.63) is 42.8 Å². The maximum atomic E-state index is 11.7. The molecule has 0 fully saturated rings. The van der Waals surface area contributed by atoms with Gasteiger partial charge in [0.2, 0.25) is 0 Å². The number of carbonyl (C=O) groups excluding carboxylic acids is 2. The standard InChI is InChI=1S/C11H13O2S.CH3/c1-8(12)9-6-4-5-7-10(9)11(13)14(2)3;/h4-7H,1-3H3;1H3/q+1;-1. The molecule has 0 atom stereocenters. The molecule has 1 aromatic rings. The molecule has 0 bridgehead atoms. The molecule has 0 aliphatic rings. The summed E-state index contributed by atoms with van der Waals surface area (Å²) in [7, 11) is -0.329. The van der Waals surface area contributed by atoms with Crippen LogP contribution in [-0.4, -0.2) is 23.4 Å². The van der Waals surface area contributed by atoms with Gasteiger partial charge in [0.1, 0.15) is 12.5 Å². The first-order chi connectivity index (χ1) is 6.54. The van der Waals surface area contributed by atoms with Gasteiger partial charge in [-0.05, 0) is 13.0 Å². The van der Waals surface area contributed by atoms with Crippen molar-refractivity contribution in [2.24, 2.45) is 0 Å². The van der Waals surface area contributed by atoms with Crippen molar-refractivity contribution < 1.29 is 9.59 Å². The second-order valence-electron chi connectivity index (χ2n) is 3.21. The molecule has 1 rings (SSSR count). The van der Waals surface area contributed by atoms with E-state index in [1.807, 2.05) is 12.5 Å². The van der Waals surface area contributed by atoms with Crippen LogP contribution in [0.25, 0.3) is 0 Å². The molecule has 0 radical (unpaired) electrons. The summed E-state index contributed by atoms with van der Waals surface area (Å²) in [6, 6.07) is 6.97. The Hall–Kier alpha value is -1.09. The van der Waals surface area contributed by atoms with Crippen LogP contribution in [0.15, 0.2) is 24.3 Å². The third-order valence-electron chi connectivity index (χ3n) is 1.90. The van der Waals surface area contributed by atoms with Crippen molar-refractivity contribution in [1.82, 2.24) is 0 Å². The number of carbonyl (C=O) groups is 2. The Labute approximate surface area is 94.0 Å². The van der Waals surface area contributed by atoms with Crippen LogP contribution in [0.2, 0.25) is 0 Å². The molecule has 82 valence electrons. The van der Waals surface area contributed by atoms with E-state index in [0.29, 0.717) is 11.1 Å². The van der Waals surface area contributed by atoms with Crippen molar-refractivity contribution >= 4 is 21.8 Å². The molecule has 2 nitrogen and oxygen atoms in total. The third-order valence-corrected chi connectivity index (χ3v) is 2.86. The number of benzene rings is 1. The molecule has 0 amide bonds. The van der Waals surface area contributed by atoms with Crippen LogP contribution in [0, 0.1) is 7.43 Å². The minimum atomic E-state index is -0.329. The Morgan fingerprint density at radius 3 is 1.93 bits per heavy atom. The molecular formula is C12H16O2S. The Morgan fingerprint density at radius 2 is 1.53 bits per heavy atom. The highest BCUT2D eigenvalue weighted by Crippen LogP contribution is 2.12. The number of hydrogen-bond acceptors (Lipinski definition) is 2. The van der Waals surface area contributed by atoms with Crippen molar-refractivity contribution in [2.75, 3.05) is 12.5 Å². The van der Waals surface area contributed by atoms with Crippen LogP contribution in [0.5, 0.6) is 0 Å². The Balaban J connectivity index is 0.00000196. The smallest absolute Gasteiger partial charge is 0.358 e. The van der Waals surface area contributed by atoms with Gasteiger partial charge in [-0.3, -0.25) is 4.79 Å². The topological polar surface area (TPSA) is 34.1 Å². The highest BCUT2D eigenvalue weighted by molar-refractivity contribution is 8.10. The number of rotatable bonds is 2. The second-order valence-corrected chi connectivity index (χ2v) is 5.21. The average Bonchev–Trinajstić information content (AvgIpc) is 2.16. The third kappa shape index (κ3) is 3.20. The van der Waals surface area contributed by atoms with Gasteiger partial charge in [-0.15, -0.1) is 0 Å². The zero-order chi connectivity index (χ0) is 10.7. The van der Waals surface area contributed by atoms with Gasteiger partial charge in [0, 0.05) is 5.56 Å². The minimum Gasteiger partial charge on any atom is -0.358 e. The molecule has 0 saturated carbocycles. The first-order valence-corrected chi connectivity index (χ1v) is 6.30. The lowest BCUT2D eigenvalue weighted by Crippen LogP contribution is -2.15. The molecule has 0 aliphatic heterocycles. The predicted octanol–water partition coefficient (Wildman–Crippen LogP) is 2.36. The van der Waals surface area contributed by atoms with E-state index in [1.165, 1.54) is 6.92 Å². The SMILES string of the molecule is CC(=O)c1ccccc1C(=O)[S+](C)C.[CH3-]. The number of hydrogen-bond donors (Lipinski definition) is 0. The van der Waals surface area contributed by atoms with E-state index < -0.39 is 0 Å². The predicted molar refractivity (Wildman–Crippen MR) is 66.4 cm³/mol. The van der Waals surface area contributed by atoms with Gasteiger partial charge < -0.3 is 7.43 Å². The maximum Gasteiger partial charge on any atom is 0.362 e. The van der Waals surface area contributed by atoms with Crippen molar-refractivity contribution in [2.45, 2.75) is 6.92 Å². The highest BCUT2D eigenvalue weighted by Gasteiger charge is 2.23. The first kappa shape index (κ1) is 13.9. The Kier molecular flexibility index (Phi) is 5.29. The van der Waals surface area contributed by atoms with Crippen molar-refractivity contribution in [3.8, 4) is 0 Å². The zero-order valence-electron chi connectivity index (χ0n) is 9.53. The van der Waals surface area contributed by atoms with E-state index in [4.69, 9.17) is 0 Å². The Morgan fingerprint density at radius 1 is 1.07 bits per heavy atom. The van der Waals surface area contributed by atoms with E-state index in [0.717, 1.165) is 0 Å². The van der Waals surface area contributed by atoms with Gasteiger partial charge in [0.05, 0.1) is 16.5 Å². The van der Waals surface area contributed by atoms with Crippen molar-refractivity contribution in [1.29, 1.82) is 0 Å². The molecule has 3 heteroatoms. The molecule has 0 heterocycles. The number of ketones is 1. The summed E-state index contributed by atoms with van der Waals surface area (Å²) >= 11 is 0. The summed E-state index contributed by atoms with van der Waals surface area (Å²) in [5, 5.41) is 0.0517. The molecule has 0 aliphatic carbocycles. The van der Waals surface area contributed by atoms with E-state index in [9.17, 15) is 9.59 Å². The summed E-state index contributed by atoms with van der Waals surface area (Å²) in [4.78, 5) is 23.0. The summed E-state index contributed by atoms with van der Waals surface area (Å²) in [6.07, 6.45) is 3.72. The molecule has 0 saturated heterocycles. The fourth-order valence-electron chi connectivity index (χ4n) is 1.19. The first-order valence-electron chi connectivity index (χ1n) is 4.26. The lowest BCUT2D eigenvalue weighted by atomic mass is 10.1. The molecule has 0 spiro atoms. The average molecular weight is 224 g/mol. The molecule has 0 unspecified atom stereocenters. The zero-order valence-corrected chi connectivity index (χ0v) is 10.4. The Bertz CT molecular complexity index is 370. The second kappa shape index (κ2) is 5.71.